The summed E-state index contributed by atoms with van der Waals surface area (Å²) in [5, 5.41) is 1.02. The zero-order valence-electron chi connectivity index (χ0n) is 8.47. The van der Waals surface area contributed by atoms with Gasteiger partial charge in [0.1, 0.15) is 0 Å². The van der Waals surface area contributed by atoms with Crippen LogP contribution < -0.4 is 0 Å². The van der Waals surface area contributed by atoms with Crippen LogP contribution in [0.25, 0.3) is 0 Å². The fourth-order valence-corrected chi connectivity index (χ4v) is 1.47. The van der Waals surface area contributed by atoms with E-state index in [4.69, 9.17) is 0 Å². The number of aromatic nitrogens is 1. The summed E-state index contributed by atoms with van der Waals surface area (Å²) in [4.78, 5) is 4.28. The van der Waals surface area contributed by atoms with Crippen LogP contribution in [-0.2, 0) is 6.42 Å². The van der Waals surface area contributed by atoms with Gasteiger partial charge in [-0.2, -0.15) is 0 Å². The van der Waals surface area contributed by atoms with Crippen LogP contribution in [0.3, 0.4) is 0 Å². The van der Waals surface area contributed by atoms with Crippen molar-refractivity contribution >= 4 is 15.9 Å². The van der Waals surface area contributed by atoms with Gasteiger partial charge in [-0.3, -0.25) is 4.98 Å². The van der Waals surface area contributed by atoms with Crippen LogP contribution in [0.5, 0.6) is 0 Å². The van der Waals surface area contributed by atoms with Gasteiger partial charge >= 0.3 is 0 Å². The van der Waals surface area contributed by atoms with E-state index in [0.29, 0.717) is 5.41 Å². The molecule has 0 spiro atoms. The smallest absolute Gasteiger partial charge is 0.0404 e. The third-order valence-corrected chi connectivity index (χ3v) is 3.67. The fraction of sp³-hybridized carbons (Fsp3) is 0.545. The first kappa shape index (κ1) is 10.7. The summed E-state index contributed by atoms with van der Waals surface area (Å²) in [5.74, 6) is 0. The molecule has 0 aliphatic carbocycles. The van der Waals surface area contributed by atoms with Crippen LogP contribution in [0.4, 0.5) is 0 Å². The number of nitrogens with zero attached hydrogens (tertiary/aromatic N) is 1. The summed E-state index contributed by atoms with van der Waals surface area (Å²) in [6.45, 7) is 6.59. The lowest BCUT2D eigenvalue weighted by molar-refractivity contribution is 0.423. The normalized spacial score (nSPS) is 11.7. The fourth-order valence-electron chi connectivity index (χ4n) is 1.27. The van der Waals surface area contributed by atoms with Crippen molar-refractivity contribution in [2.24, 2.45) is 5.41 Å². The lowest BCUT2D eigenvalue weighted by Crippen LogP contribution is -2.17. The Hall–Kier alpha value is -0.370. The van der Waals surface area contributed by atoms with Gasteiger partial charge in [0.15, 0.2) is 0 Å². The lowest BCUT2D eigenvalue weighted by atomic mass is 9.87. The first-order chi connectivity index (χ1) is 6.05. The predicted octanol–water partition coefficient (Wildman–Crippen LogP) is 3.35. The minimum Gasteiger partial charge on any atom is -0.261 e. The Morgan fingerprint density at radius 1 is 1.46 bits per heavy atom. The molecular formula is C11H16BrN. The van der Waals surface area contributed by atoms with Gasteiger partial charge < -0.3 is 0 Å². The second-order valence-electron chi connectivity index (χ2n) is 4.22. The number of halogens is 1. The van der Waals surface area contributed by atoms with Gasteiger partial charge in [0.2, 0.25) is 0 Å². The third kappa shape index (κ3) is 3.11. The number of pyridine rings is 1. The third-order valence-electron chi connectivity index (χ3n) is 2.15. The summed E-state index contributed by atoms with van der Waals surface area (Å²) in [5.41, 5.74) is 2.82. The minimum absolute atomic E-state index is 0.313. The van der Waals surface area contributed by atoms with Gasteiger partial charge in [-0.05, 0) is 30.4 Å². The molecule has 0 saturated carbocycles. The zero-order chi connectivity index (χ0) is 9.90. The second kappa shape index (κ2) is 4.23. The van der Waals surface area contributed by atoms with Gasteiger partial charge in [0, 0.05) is 17.2 Å². The van der Waals surface area contributed by atoms with Crippen LogP contribution >= 0.6 is 15.9 Å². The Balaban J connectivity index is 2.80. The number of hydrogen-bond donors (Lipinski definition) is 0. The highest BCUT2D eigenvalue weighted by molar-refractivity contribution is 9.09. The Morgan fingerprint density at radius 2 is 2.15 bits per heavy atom. The molecule has 1 rings (SSSR count). The summed E-state index contributed by atoms with van der Waals surface area (Å²) in [6, 6.07) is 4.17. The minimum atomic E-state index is 0.313. The second-order valence-corrected chi connectivity index (χ2v) is 4.78. The molecule has 0 amide bonds. The highest BCUT2D eigenvalue weighted by Crippen LogP contribution is 2.24. The molecule has 0 saturated heterocycles. The van der Waals surface area contributed by atoms with Crippen molar-refractivity contribution in [2.45, 2.75) is 27.2 Å². The van der Waals surface area contributed by atoms with Crippen LogP contribution in [0.15, 0.2) is 18.3 Å². The van der Waals surface area contributed by atoms with Gasteiger partial charge in [-0.1, -0.05) is 35.8 Å². The largest absolute Gasteiger partial charge is 0.261 e. The molecule has 1 aromatic rings. The topological polar surface area (TPSA) is 12.9 Å². The van der Waals surface area contributed by atoms with E-state index in [0.717, 1.165) is 17.4 Å². The van der Waals surface area contributed by atoms with E-state index in [9.17, 15) is 0 Å². The van der Waals surface area contributed by atoms with E-state index >= 15 is 0 Å². The Bertz CT molecular complexity index is 281. The molecule has 1 heterocycles. The first-order valence-electron chi connectivity index (χ1n) is 4.52. The monoisotopic (exact) mass is 241 g/mol. The molecule has 2 heteroatoms. The predicted molar refractivity (Wildman–Crippen MR) is 60.3 cm³/mol. The van der Waals surface area contributed by atoms with E-state index in [1.54, 1.807) is 0 Å². The van der Waals surface area contributed by atoms with Crippen LogP contribution in [0.2, 0.25) is 0 Å². The van der Waals surface area contributed by atoms with Gasteiger partial charge in [-0.15, -0.1) is 0 Å². The SMILES string of the molecule is Cc1ncccc1CC(C)(C)CBr. The van der Waals surface area contributed by atoms with Crippen molar-refractivity contribution in [3.8, 4) is 0 Å². The number of rotatable bonds is 3. The van der Waals surface area contributed by atoms with E-state index in [1.165, 1.54) is 5.56 Å². The Labute approximate surface area is 88.7 Å². The van der Waals surface area contributed by atoms with E-state index in [-0.39, 0.29) is 0 Å². The van der Waals surface area contributed by atoms with Gasteiger partial charge in [0.05, 0.1) is 0 Å². The maximum atomic E-state index is 4.28. The first-order valence-corrected chi connectivity index (χ1v) is 5.64. The van der Waals surface area contributed by atoms with E-state index in [2.05, 4.69) is 47.8 Å². The summed E-state index contributed by atoms with van der Waals surface area (Å²) in [6.07, 6.45) is 2.93. The van der Waals surface area contributed by atoms with Crippen molar-refractivity contribution in [2.75, 3.05) is 5.33 Å². The molecule has 1 nitrogen and oxygen atoms in total. The maximum Gasteiger partial charge on any atom is 0.0404 e. The summed E-state index contributed by atoms with van der Waals surface area (Å²) in [7, 11) is 0. The average molecular weight is 242 g/mol. The summed E-state index contributed by atoms with van der Waals surface area (Å²) < 4.78 is 0. The number of alkyl halides is 1. The molecule has 0 unspecified atom stereocenters. The molecule has 1 aromatic heterocycles. The molecule has 72 valence electrons. The standard InChI is InChI=1S/C11H16BrN/c1-9-10(5-4-6-13-9)7-11(2,3)8-12/h4-6H,7-8H2,1-3H3. The van der Waals surface area contributed by atoms with E-state index < -0.39 is 0 Å². The number of aryl methyl sites for hydroxylation is 1. The van der Waals surface area contributed by atoms with Crippen molar-refractivity contribution < 1.29 is 0 Å². The average Bonchev–Trinajstić information content (AvgIpc) is 2.09. The molecule has 0 radical (unpaired) electrons. The molecule has 0 N–H and O–H groups in total. The molecule has 0 bridgehead atoms. The molecule has 0 atom stereocenters. The quantitative estimate of drug-likeness (QED) is 0.740. The van der Waals surface area contributed by atoms with Crippen LogP contribution in [0, 0.1) is 12.3 Å². The molecule has 0 fully saturated rings. The summed E-state index contributed by atoms with van der Waals surface area (Å²) >= 11 is 3.53. The van der Waals surface area contributed by atoms with Crippen molar-refractivity contribution in [3.05, 3.63) is 29.6 Å². The zero-order valence-corrected chi connectivity index (χ0v) is 10.1. The molecular weight excluding hydrogens is 226 g/mol. The molecule has 0 aliphatic rings. The molecule has 13 heavy (non-hydrogen) atoms. The highest BCUT2D eigenvalue weighted by Gasteiger charge is 2.17. The highest BCUT2D eigenvalue weighted by atomic mass is 79.9. The van der Waals surface area contributed by atoms with Crippen LogP contribution in [-0.4, -0.2) is 10.3 Å². The van der Waals surface area contributed by atoms with Crippen molar-refractivity contribution in [1.29, 1.82) is 0 Å². The van der Waals surface area contributed by atoms with Crippen molar-refractivity contribution in [1.82, 2.24) is 4.98 Å². The van der Waals surface area contributed by atoms with Crippen LogP contribution in [0.1, 0.15) is 25.1 Å². The van der Waals surface area contributed by atoms with E-state index in [1.807, 2.05) is 12.3 Å². The Kier molecular flexibility index (Phi) is 3.48. The Morgan fingerprint density at radius 3 is 2.69 bits per heavy atom. The maximum absolute atomic E-state index is 4.28. The van der Waals surface area contributed by atoms with Crippen molar-refractivity contribution in [3.63, 3.8) is 0 Å². The molecule has 0 aromatic carbocycles. The molecule has 0 aliphatic heterocycles. The number of hydrogen-bond acceptors (Lipinski definition) is 1. The lowest BCUT2D eigenvalue weighted by Gasteiger charge is -2.22. The van der Waals surface area contributed by atoms with Gasteiger partial charge in [-0.25, -0.2) is 0 Å². The van der Waals surface area contributed by atoms with Gasteiger partial charge in [0.25, 0.3) is 0 Å².